The zero-order chi connectivity index (χ0) is 14.6. The molecule has 3 atom stereocenters. The maximum absolute atomic E-state index is 12.2. The van der Waals surface area contributed by atoms with Crippen molar-refractivity contribution in [3.05, 3.63) is 0 Å². The second kappa shape index (κ2) is 6.74. The lowest BCUT2D eigenvalue weighted by Gasteiger charge is -2.30. The zero-order valence-electron chi connectivity index (χ0n) is 13.4. The summed E-state index contributed by atoms with van der Waals surface area (Å²) in [5.74, 6) is 1.42. The van der Waals surface area contributed by atoms with E-state index in [-0.39, 0.29) is 6.04 Å². The minimum Gasteiger partial charge on any atom is -0.341 e. The van der Waals surface area contributed by atoms with Crippen LogP contribution < -0.4 is 5.73 Å². The van der Waals surface area contributed by atoms with Gasteiger partial charge in [0.05, 0.1) is 0 Å². The van der Waals surface area contributed by atoms with E-state index in [1.807, 2.05) is 4.90 Å². The first-order chi connectivity index (χ1) is 8.75. The summed E-state index contributed by atoms with van der Waals surface area (Å²) in [6, 6.07) is 0.111. The van der Waals surface area contributed by atoms with Crippen molar-refractivity contribution in [1.82, 2.24) is 4.90 Å². The molecule has 1 saturated heterocycles. The molecule has 19 heavy (non-hydrogen) atoms. The van der Waals surface area contributed by atoms with Gasteiger partial charge in [0.25, 0.3) is 0 Å². The molecule has 1 heterocycles. The van der Waals surface area contributed by atoms with E-state index < -0.39 is 0 Å². The Kier molecular flexibility index (Phi) is 5.84. The van der Waals surface area contributed by atoms with E-state index >= 15 is 0 Å². The monoisotopic (exact) mass is 268 g/mol. The van der Waals surface area contributed by atoms with Gasteiger partial charge in [0.15, 0.2) is 0 Å². The van der Waals surface area contributed by atoms with E-state index in [9.17, 15) is 4.79 Å². The molecule has 3 unspecified atom stereocenters. The molecule has 0 aromatic rings. The highest BCUT2D eigenvalue weighted by molar-refractivity contribution is 5.76. The zero-order valence-corrected chi connectivity index (χ0v) is 13.4. The Bertz CT molecular complexity index is 296. The van der Waals surface area contributed by atoms with Crippen molar-refractivity contribution in [1.29, 1.82) is 0 Å². The first-order valence-electron chi connectivity index (χ1n) is 7.79. The van der Waals surface area contributed by atoms with Crippen LogP contribution in [0.1, 0.15) is 60.3 Å². The van der Waals surface area contributed by atoms with Crippen LogP contribution in [-0.2, 0) is 4.79 Å². The molecule has 0 bridgehead atoms. The van der Waals surface area contributed by atoms with Crippen molar-refractivity contribution in [2.75, 3.05) is 13.1 Å². The summed E-state index contributed by atoms with van der Waals surface area (Å²) in [6.07, 6.45) is 3.91. The fourth-order valence-corrected chi connectivity index (χ4v) is 2.83. The van der Waals surface area contributed by atoms with Crippen LogP contribution in [0.2, 0.25) is 0 Å². The predicted molar refractivity (Wildman–Crippen MR) is 80.8 cm³/mol. The minimum absolute atomic E-state index is 0.111. The average Bonchev–Trinajstić information content (AvgIpc) is 2.51. The van der Waals surface area contributed by atoms with Gasteiger partial charge in [0.1, 0.15) is 0 Å². The fourth-order valence-electron chi connectivity index (χ4n) is 2.83. The SMILES string of the molecule is CCC(C)C(N)CN1CCC(C(C)(C)C)CCC1=O. The Hall–Kier alpha value is -0.570. The second-order valence-electron chi connectivity index (χ2n) is 7.28. The molecular formula is C16H32N2O. The fraction of sp³-hybridized carbons (Fsp3) is 0.938. The lowest BCUT2D eigenvalue weighted by molar-refractivity contribution is -0.131. The van der Waals surface area contributed by atoms with Gasteiger partial charge in [-0.15, -0.1) is 0 Å². The molecule has 3 heteroatoms. The van der Waals surface area contributed by atoms with Crippen molar-refractivity contribution in [2.45, 2.75) is 66.3 Å². The molecule has 1 aliphatic heterocycles. The smallest absolute Gasteiger partial charge is 0.222 e. The Morgan fingerprint density at radius 2 is 2.00 bits per heavy atom. The molecule has 112 valence electrons. The maximum Gasteiger partial charge on any atom is 0.222 e. The van der Waals surface area contributed by atoms with Crippen molar-refractivity contribution >= 4 is 5.91 Å². The first kappa shape index (κ1) is 16.5. The van der Waals surface area contributed by atoms with Gasteiger partial charge in [-0.25, -0.2) is 0 Å². The molecule has 1 fully saturated rings. The molecule has 3 nitrogen and oxygen atoms in total. The Labute approximate surface area is 118 Å². The first-order valence-corrected chi connectivity index (χ1v) is 7.79. The molecule has 2 N–H and O–H groups in total. The Morgan fingerprint density at radius 3 is 2.53 bits per heavy atom. The van der Waals surface area contributed by atoms with Crippen LogP contribution in [0.3, 0.4) is 0 Å². The summed E-state index contributed by atoms with van der Waals surface area (Å²) in [5.41, 5.74) is 6.50. The molecule has 0 aromatic heterocycles. The molecule has 0 aromatic carbocycles. The van der Waals surface area contributed by atoms with Crippen LogP contribution >= 0.6 is 0 Å². The quantitative estimate of drug-likeness (QED) is 0.852. The second-order valence-corrected chi connectivity index (χ2v) is 7.28. The van der Waals surface area contributed by atoms with Crippen molar-refractivity contribution < 1.29 is 4.79 Å². The summed E-state index contributed by atoms with van der Waals surface area (Å²) in [7, 11) is 0. The van der Waals surface area contributed by atoms with E-state index in [1.54, 1.807) is 0 Å². The van der Waals surface area contributed by atoms with Gasteiger partial charge in [-0.2, -0.15) is 0 Å². The van der Waals surface area contributed by atoms with Crippen molar-refractivity contribution in [2.24, 2.45) is 23.0 Å². The molecule has 1 aliphatic rings. The summed E-state index contributed by atoms with van der Waals surface area (Å²) >= 11 is 0. The van der Waals surface area contributed by atoms with Gasteiger partial charge >= 0.3 is 0 Å². The third-order valence-electron chi connectivity index (χ3n) is 4.84. The van der Waals surface area contributed by atoms with Crippen LogP contribution in [-0.4, -0.2) is 29.9 Å². The largest absolute Gasteiger partial charge is 0.341 e. The number of hydrogen-bond acceptors (Lipinski definition) is 2. The van der Waals surface area contributed by atoms with Crippen LogP contribution in [0, 0.1) is 17.3 Å². The minimum atomic E-state index is 0.111. The lowest BCUT2D eigenvalue weighted by Crippen LogP contribution is -2.44. The number of amides is 1. The van der Waals surface area contributed by atoms with Gasteiger partial charge in [0.2, 0.25) is 5.91 Å². The maximum atomic E-state index is 12.2. The van der Waals surface area contributed by atoms with Gasteiger partial charge in [-0.05, 0) is 30.1 Å². The van der Waals surface area contributed by atoms with E-state index in [0.29, 0.717) is 29.6 Å². The van der Waals surface area contributed by atoms with E-state index in [4.69, 9.17) is 5.73 Å². The normalized spacial score (nSPS) is 25.1. The number of likely N-dealkylation sites (tertiary alicyclic amines) is 1. The van der Waals surface area contributed by atoms with Gasteiger partial charge < -0.3 is 10.6 Å². The Morgan fingerprint density at radius 1 is 1.37 bits per heavy atom. The van der Waals surface area contributed by atoms with Gasteiger partial charge in [-0.3, -0.25) is 4.79 Å². The number of nitrogens with two attached hydrogens (primary N) is 1. The Balaban J connectivity index is 2.59. The summed E-state index contributed by atoms with van der Waals surface area (Å²) in [4.78, 5) is 14.2. The number of nitrogens with zero attached hydrogens (tertiary/aromatic N) is 1. The lowest BCUT2D eigenvalue weighted by atomic mass is 9.77. The van der Waals surface area contributed by atoms with Crippen molar-refractivity contribution in [3.63, 3.8) is 0 Å². The van der Waals surface area contributed by atoms with Crippen LogP contribution in [0.25, 0.3) is 0 Å². The average molecular weight is 268 g/mol. The topological polar surface area (TPSA) is 46.3 Å². The standard InChI is InChI=1S/C16H32N2O/c1-6-12(2)14(17)11-18-10-9-13(16(3,4)5)7-8-15(18)19/h12-14H,6-11,17H2,1-5H3. The van der Waals surface area contributed by atoms with Gasteiger partial charge in [-0.1, -0.05) is 41.0 Å². The van der Waals surface area contributed by atoms with Crippen LogP contribution in [0.5, 0.6) is 0 Å². The third kappa shape index (κ3) is 4.79. The number of carbonyl (C=O) groups excluding carboxylic acids is 1. The highest BCUT2D eigenvalue weighted by Gasteiger charge is 2.30. The van der Waals surface area contributed by atoms with E-state index in [0.717, 1.165) is 32.4 Å². The highest BCUT2D eigenvalue weighted by Crippen LogP contribution is 2.34. The molecule has 0 spiro atoms. The number of carbonyl (C=O) groups is 1. The molecule has 0 radical (unpaired) electrons. The number of hydrogen-bond donors (Lipinski definition) is 1. The third-order valence-corrected chi connectivity index (χ3v) is 4.84. The van der Waals surface area contributed by atoms with E-state index in [1.165, 1.54) is 0 Å². The highest BCUT2D eigenvalue weighted by atomic mass is 16.2. The van der Waals surface area contributed by atoms with Crippen LogP contribution in [0.4, 0.5) is 0 Å². The molecule has 0 saturated carbocycles. The van der Waals surface area contributed by atoms with E-state index in [2.05, 4.69) is 34.6 Å². The van der Waals surface area contributed by atoms with Gasteiger partial charge in [0, 0.05) is 25.6 Å². The predicted octanol–water partition coefficient (Wildman–Crippen LogP) is 3.03. The molecular weight excluding hydrogens is 236 g/mol. The molecule has 0 aliphatic carbocycles. The van der Waals surface area contributed by atoms with Crippen LogP contribution in [0.15, 0.2) is 0 Å². The summed E-state index contributed by atoms with van der Waals surface area (Å²) in [6.45, 7) is 12.8. The summed E-state index contributed by atoms with van der Waals surface area (Å²) in [5, 5.41) is 0. The summed E-state index contributed by atoms with van der Waals surface area (Å²) < 4.78 is 0. The molecule has 1 amide bonds. The molecule has 1 rings (SSSR count). The number of rotatable bonds is 4. The van der Waals surface area contributed by atoms with Crippen molar-refractivity contribution in [3.8, 4) is 0 Å².